The van der Waals surface area contributed by atoms with Crippen molar-refractivity contribution in [3.8, 4) is 0 Å². The molecule has 2 N–H and O–H groups in total. The number of rotatable bonds is 4. The molecule has 1 aliphatic rings. The molecule has 1 rings (SSSR count). The molecule has 0 aromatic carbocycles. The maximum Gasteiger partial charge on any atom is 0.329 e. The topological polar surface area (TPSA) is 66.4 Å². The number of carbonyl (C=O) groups is 2. The van der Waals surface area contributed by atoms with Crippen LogP contribution < -0.4 is 5.32 Å². The summed E-state index contributed by atoms with van der Waals surface area (Å²) in [6, 6.07) is 0. The maximum atomic E-state index is 11.8. The molecule has 98 valence electrons. The van der Waals surface area contributed by atoms with E-state index in [0.29, 0.717) is 12.8 Å². The van der Waals surface area contributed by atoms with Crippen LogP contribution in [0.2, 0.25) is 0 Å². The number of aliphatic carboxylic acids is 1. The van der Waals surface area contributed by atoms with Gasteiger partial charge in [0.1, 0.15) is 5.54 Å². The molecule has 0 aliphatic heterocycles. The van der Waals surface area contributed by atoms with Crippen molar-refractivity contribution in [1.82, 2.24) is 5.32 Å². The summed E-state index contributed by atoms with van der Waals surface area (Å²) in [5.41, 5.74) is -1.04. The minimum absolute atomic E-state index is 0.00450. The SMILES string of the molecule is CC(C)CC(=O)NC1(C(=O)O)CCCCC1C. The molecule has 0 spiro atoms. The lowest BCUT2D eigenvalue weighted by Crippen LogP contribution is -2.60. The molecule has 0 radical (unpaired) electrons. The average molecular weight is 241 g/mol. The van der Waals surface area contributed by atoms with Gasteiger partial charge in [-0.15, -0.1) is 0 Å². The van der Waals surface area contributed by atoms with Crippen molar-refractivity contribution in [3.05, 3.63) is 0 Å². The fraction of sp³-hybridized carbons (Fsp3) is 0.846. The van der Waals surface area contributed by atoms with Crippen molar-refractivity contribution in [2.24, 2.45) is 11.8 Å². The third-order valence-electron chi connectivity index (χ3n) is 3.64. The van der Waals surface area contributed by atoms with Crippen LogP contribution >= 0.6 is 0 Å². The van der Waals surface area contributed by atoms with Gasteiger partial charge in [0.2, 0.25) is 5.91 Å². The molecule has 1 amide bonds. The van der Waals surface area contributed by atoms with Crippen molar-refractivity contribution in [1.29, 1.82) is 0 Å². The zero-order chi connectivity index (χ0) is 13.1. The summed E-state index contributed by atoms with van der Waals surface area (Å²) < 4.78 is 0. The van der Waals surface area contributed by atoms with Crippen molar-refractivity contribution in [3.63, 3.8) is 0 Å². The molecule has 1 aliphatic carbocycles. The highest BCUT2D eigenvalue weighted by Gasteiger charge is 2.46. The van der Waals surface area contributed by atoms with E-state index in [9.17, 15) is 14.7 Å². The quantitative estimate of drug-likeness (QED) is 0.792. The van der Waals surface area contributed by atoms with Gasteiger partial charge in [-0.3, -0.25) is 4.79 Å². The lowest BCUT2D eigenvalue weighted by atomic mass is 9.73. The smallest absolute Gasteiger partial charge is 0.329 e. The first kappa shape index (κ1) is 14.0. The molecule has 17 heavy (non-hydrogen) atoms. The molecule has 2 unspecified atom stereocenters. The van der Waals surface area contributed by atoms with Crippen LogP contribution in [0.3, 0.4) is 0 Å². The first-order chi connectivity index (χ1) is 7.88. The molecule has 0 aromatic rings. The van der Waals surface area contributed by atoms with Crippen molar-refractivity contribution in [2.75, 3.05) is 0 Å². The van der Waals surface area contributed by atoms with Crippen LogP contribution in [0.4, 0.5) is 0 Å². The van der Waals surface area contributed by atoms with Gasteiger partial charge in [0, 0.05) is 6.42 Å². The van der Waals surface area contributed by atoms with Gasteiger partial charge < -0.3 is 10.4 Å². The van der Waals surface area contributed by atoms with Crippen LogP contribution in [0.15, 0.2) is 0 Å². The molecule has 4 heteroatoms. The van der Waals surface area contributed by atoms with E-state index in [4.69, 9.17) is 0 Å². The van der Waals surface area contributed by atoms with E-state index >= 15 is 0 Å². The molecule has 2 atom stereocenters. The van der Waals surface area contributed by atoms with E-state index in [2.05, 4.69) is 5.32 Å². The summed E-state index contributed by atoms with van der Waals surface area (Å²) in [6.07, 6.45) is 3.73. The molecule has 1 fully saturated rings. The molecular weight excluding hydrogens is 218 g/mol. The lowest BCUT2D eigenvalue weighted by Gasteiger charge is -2.39. The predicted octanol–water partition coefficient (Wildman–Crippen LogP) is 2.18. The lowest BCUT2D eigenvalue weighted by molar-refractivity contribution is -0.152. The van der Waals surface area contributed by atoms with Gasteiger partial charge in [-0.25, -0.2) is 4.79 Å². The van der Waals surface area contributed by atoms with Crippen molar-refractivity contribution < 1.29 is 14.7 Å². The molecular formula is C13H23NO3. The molecule has 0 saturated heterocycles. The Labute approximate surface area is 103 Å². The van der Waals surface area contributed by atoms with Gasteiger partial charge in [0.15, 0.2) is 0 Å². The van der Waals surface area contributed by atoms with Gasteiger partial charge in [0.05, 0.1) is 0 Å². The van der Waals surface area contributed by atoms with E-state index in [0.717, 1.165) is 19.3 Å². The van der Waals surface area contributed by atoms with Crippen LogP contribution in [-0.2, 0) is 9.59 Å². The highest BCUT2D eigenvalue weighted by Crippen LogP contribution is 2.34. The maximum absolute atomic E-state index is 11.8. The van der Waals surface area contributed by atoms with Crippen LogP contribution in [0.5, 0.6) is 0 Å². The van der Waals surface area contributed by atoms with Crippen LogP contribution in [0, 0.1) is 11.8 Å². The summed E-state index contributed by atoms with van der Waals surface area (Å²) in [4.78, 5) is 23.3. The largest absolute Gasteiger partial charge is 0.479 e. The monoisotopic (exact) mass is 241 g/mol. The summed E-state index contributed by atoms with van der Waals surface area (Å²) in [5.74, 6) is -0.775. The second-order valence-electron chi connectivity index (χ2n) is 5.57. The van der Waals surface area contributed by atoms with E-state index in [-0.39, 0.29) is 17.7 Å². The Hall–Kier alpha value is -1.06. The number of hydrogen-bond acceptors (Lipinski definition) is 2. The summed E-state index contributed by atoms with van der Waals surface area (Å²) >= 11 is 0. The second kappa shape index (κ2) is 5.52. The molecule has 0 heterocycles. The van der Waals surface area contributed by atoms with Crippen molar-refractivity contribution >= 4 is 11.9 Å². The predicted molar refractivity (Wildman–Crippen MR) is 65.6 cm³/mol. The van der Waals surface area contributed by atoms with Gasteiger partial charge in [-0.2, -0.15) is 0 Å². The highest BCUT2D eigenvalue weighted by molar-refractivity contribution is 5.87. The minimum atomic E-state index is -1.04. The minimum Gasteiger partial charge on any atom is -0.479 e. The molecule has 0 bridgehead atoms. The Morgan fingerprint density at radius 1 is 1.41 bits per heavy atom. The number of hydrogen-bond donors (Lipinski definition) is 2. The zero-order valence-corrected chi connectivity index (χ0v) is 11.0. The summed E-state index contributed by atoms with van der Waals surface area (Å²) in [7, 11) is 0. The Morgan fingerprint density at radius 3 is 2.53 bits per heavy atom. The van der Waals surface area contributed by atoms with Gasteiger partial charge in [-0.1, -0.05) is 33.6 Å². The average Bonchev–Trinajstić information content (AvgIpc) is 2.19. The molecule has 0 aromatic heterocycles. The zero-order valence-electron chi connectivity index (χ0n) is 11.0. The van der Waals surface area contributed by atoms with Crippen molar-refractivity contribution in [2.45, 2.75) is 58.4 Å². The Kier molecular flexibility index (Phi) is 4.54. The Balaban J connectivity index is 2.78. The fourth-order valence-corrected chi connectivity index (χ4v) is 2.57. The fourth-order valence-electron chi connectivity index (χ4n) is 2.57. The van der Waals surface area contributed by atoms with E-state index in [1.165, 1.54) is 0 Å². The van der Waals surface area contributed by atoms with Crippen LogP contribution in [0.1, 0.15) is 52.9 Å². The van der Waals surface area contributed by atoms with Gasteiger partial charge in [0.25, 0.3) is 0 Å². The second-order valence-corrected chi connectivity index (χ2v) is 5.57. The first-order valence-electron chi connectivity index (χ1n) is 6.43. The Morgan fingerprint density at radius 2 is 2.06 bits per heavy atom. The normalized spacial score (nSPS) is 29.1. The summed E-state index contributed by atoms with van der Waals surface area (Å²) in [6.45, 7) is 5.83. The Bertz CT molecular complexity index is 301. The number of carboxylic acid groups (broad SMARTS) is 1. The number of carboxylic acids is 1. The standard InChI is InChI=1S/C13H23NO3/c1-9(2)8-11(15)14-13(12(16)17)7-5-4-6-10(13)3/h9-10H,4-8H2,1-3H3,(H,14,15)(H,16,17). The van der Waals surface area contributed by atoms with E-state index in [1.54, 1.807) is 0 Å². The highest BCUT2D eigenvalue weighted by atomic mass is 16.4. The number of nitrogens with one attached hydrogen (secondary N) is 1. The van der Waals surface area contributed by atoms with E-state index < -0.39 is 11.5 Å². The van der Waals surface area contributed by atoms with Gasteiger partial charge in [-0.05, 0) is 24.7 Å². The third-order valence-corrected chi connectivity index (χ3v) is 3.64. The van der Waals surface area contributed by atoms with Crippen LogP contribution in [0.25, 0.3) is 0 Å². The van der Waals surface area contributed by atoms with E-state index in [1.807, 2.05) is 20.8 Å². The molecule has 1 saturated carbocycles. The third kappa shape index (κ3) is 3.20. The van der Waals surface area contributed by atoms with Gasteiger partial charge >= 0.3 is 5.97 Å². The van der Waals surface area contributed by atoms with Crippen LogP contribution in [-0.4, -0.2) is 22.5 Å². The number of carbonyl (C=O) groups excluding carboxylic acids is 1. The first-order valence-corrected chi connectivity index (χ1v) is 6.43. The summed E-state index contributed by atoms with van der Waals surface area (Å²) in [5, 5.41) is 12.2. The number of amides is 1. The molecule has 4 nitrogen and oxygen atoms in total.